The second-order valence-electron chi connectivity index (χ2n) is 5.61. The molecule has 0 radical (unpaired) electrons. The summed E-state index contributed by atoms with van der Waals surface area (Å²) in [7, 11) is 0. The highest BCUT2D eigenvalue weighted by Crippen LogP contribution is 2.24. The summed E-state index contributed by atoms with van der Waals surface area (Å²) in [5.74, 6) is 1.65. The number of carbonyl (C=O) groups excluding carboxylic acids is 1. The Morgan fingerprint density at radius 1 is 1.41 bits per heavy atom. The Hall–Kier alpha value is -2.11. The van der Waals surface area contributed by atoms with Gasteiger partial charge in [0, 0.05) is 25.4 Å². The molecule has 0 unspecified atom stereocenters. The van der Waals surface area contributed by atoms with E-state index in [2.05, 4.69) is 10.1 Å². The van der Waals surface area contributed by atoms with Crippen LogP contribution in [0.1, 0.15) is 44.9 Å². The van der Waals surface area contributed by atoms with E-state index in [4.69, 9.17) is 8.94 Å². The van der Waals surface area contributed by atoms with Gasteiger partial charge in [0.05, 0.1) is 6.26 Å². The maximum absolute atomic E-state index is 12.4. The number of hydrogen-bond donors (Lipinski definition) is 0. The first-order chi connectivity index (χ1) is 10.8. The Morgan fingerprint density at radius 2 is 2.23 bits per heavy atom. The lowest BCUT2D eigenvalue weighted by Gasteiger charge is -2.27. The fourth-order valence-corrected chi connectivity index (χ4v) is 3.07. The van der Waals surface area contributed by atoms with Crippen LogP contribution >= 0.6 is 0 Å². The molecule has 1 amide bonds. The van der Waals surface area contributed by atoms with Crippen LogP contribution in [-0.4, -0.2) is 33.5 Å². The van der Waals surface area contributed by atoms with E-state index < -0.39 is 0 Å². The molecule has 2 aromatic heterocycles. The van der Waals surface area contributed by atoms with Crippen LogP contribution in [0.25, 0.3) is 11.6 Å². The maximum Gasteiger partial charge on any atom is 0.238 e. The molecule has 22 heavy (non-hydrogen) atoms. The van der Waals surface area contributed by atoms with Gasteiger partial charge in [-0.2, -0.15) is 4.98 Å². The van der Waals surface area contributed by atoms with Crippen LogP contribution in [0.4, 0.5) is 0 Å². The van der Waals surface area contributed by atoms with Gasteiger partial charge < -0.3 is 13.8 Å². The molecule has 1 aliphatic rings. The summed E-state index contributed by atoms with van der Waals surface area (Å²) in [6, 6.07) is 3.97. The lowest BCUT2D eigenvalue weighted by atomic mass is 10.2. The van der Waals surface area contributed by atoms with Gasteiger partial charge in [-0.1, -0.05) is 18.0 Å². The average molecular weight is 303 g/mol. The van der Waals surface area contributed by atoms with Crippen molar-refractivity contribution >= 4 is 5.91 Å². The summed E-state index contributed by atoms with van der Waals surface area (Å²) >= 11 is 0. The van der Waals surface area contributed by atoms with Gasteiger partial charge in [0.2, 0.25) is 17.6 Å². The molecular weight excluding hydrogens is 282 g/mol. The largest absolute Gasteiger partial charge is 0.461 e. The van der Waals surface area contributed by atoms with E-state index in [0.717, 1.165) is 19.4 Å². The second kappa shape index (κ2) is 6.77. The minimum atomic E-state index is 0.173. The minimum Gasteiger partial charge on any atom is -0.461 e. The number of nitrogens with zero attached hydrogens (tertiary/aromatic N) is 3. The van der Waals surface area contributed by atoms with E-state index in [1.165, 1.54) is 12.8 Å². The summed E-state index contributed by atoms with van der Waals surface area (Å²) in [5, 5.41) is 3.87. The van der Waals surface area contributed by atoms with Crippen LogP contribution in [-0.2, 0) is 11.2 Å². The highest BCUT2D eigenvalue weighted by atomic mass is 16.5. The van der Waals surface area contributed by atoms with Gasteiger partial charge in [-0.05, 0) is 31.9 Å². The van der Waals surface area contributed by atoms with Crippen molar-refractivity contribution in [2.45, 2.75) is 51.5 Å². The van der Waals surface area contributed by atoms with Crippen molar-refractivity contribution in [1.82, 2.24) is 15.0 Å². The Kier molecular flexibility index (Phi) is 4.56. The third kappa shape index (κ3) is 3.21. The predicted molar refractivity (Wildman–Crippen MR) is 80.0 cm³/mol. The molecule has 2 aromatic rings. The van der Waals surface area contributed by atoms with Crippen LogP contribution in [0.2, 0.25) is 0 Å². The number of amides is 1. The molecule has 0 saturated heterocycles. The van der Waals surface area contributed by atoms with Gasteiger partial charge in [0.25, 0.3) is 0 Å². The molecule has 1 fully saturated rings. The Balaban J connectivity index is 1.56. The Bertz CT molecular complexity index is 600. The molecule has 0 bridgehead atoms. The Morgan fingerprint density at radius 3 is 2.91 bits per heavy atom. The lowest BCUT2D eigenvalue weighted by molar-refractivity contribution is -0.133. The molecule has 3 rings (SSSR count). The van der Waals surface area contributed by atoms with Gasteiger partial charge in [0.1, 0.15) is 0 Å². The molecule has 0 spiro atoms. The molecule has 2 heterocycles. The van der Waals surface area contributed by atoms with Crippen molar-refractivity contribution in [3.63, 3.8) is 0 Å². The van der Waals surface area contributed by atoms with Gasteiger partial charge in [-0.25, -0.2) is 0 Å². The molecule has 0 aromatic carbocycles. The number of rotatable bonds is 6. The van der Waals surface area contributed by atoms with E-state index in [0.29, 0.717) is 36.4 Å². The molecule has 118 valence electrons. The number of carbonyl (C=O) groups is 1. The number of furan rings is 1. The fourth-order valence-electron chi connectivity index (χ4n) is 3.07. The third-order valence-electron chi connectivity index (χ3n) is 4.19. The van der Waals surface area contributed by atoms with Crippen molar-refractivity contribution in [3.05, 3.63) is 24.3 Å². The van der Waals surface area contributed by atoms with Crippen LogP contribution < -0.4 is 0 Å². The lowest BCUT2D eigenvalue weighted by Crippen LogP contribution is -2.38. The summed E-state index contributed by atoms with van der Waals surface area (Å²) in [6.45, 7) is 2.81. The van der Waals surface area contributed by atoms with Gasteiger partial charge >= 0.3 is 0 Å². The minimum absolute atomic E-state index is 0.173. The zero-order valence-electron chi connectivity index (χ0n) is 12.8. The first-order valence-corrected chi connectivity index (χ1v) is 7.94. The van der Waals surface area contributed by atoms with Crippen LogP contribution in [0.3, 0.4) is 0 Å². The highest BCUT2D eigenvalue weighted by Gasteiger charge is 2.25. The van der Waals surface area contributed by atoms with Crippen molar-refractivity contribution in [2.75, 3.05) is 6.54 Å². The average Bonchev–Trinajstić information content (AvgIpc) is 3.26. The van der Waals surface area contributed by atoms with Crippen LogP contribution in [0.5, 0.6) is 0 Å². The summed E-state index contributed by atoms with van der Waals surface area (Å²) in [5.41, 5.74) is 0. The van der Waals surface area contributed by atoms with Gasteiger partial charge in [-0.3, -0.25) is 4.79 Å². The van der Waals surface area contributed by atoms with Gasteiger partial charge in [0.15, 0.2) is 5.76 Å². The molecule has 0 aliphatic heterocycles. The van der Waals surface area contributed by atoms with E-state index in [9.17, 15) is 4.79 Å². The molecular formula is C16H21N3O3. The van der Waals surface area contributed by atoms with Crippen molar-refractivity contribution in [3.8, 4) is 11.6 Å². The van der Waals surface area contributed by atoms with E-state index in [1.807, 2.05) is 11.8 Å². The van der Waals surface area contributed by atoms with E-state index >= 15 is 0 Å². The maximum atomic E-state index is 12.4. The number of aryl methyl sites for hydroxylation is 1. The quantitative estimate of drug-likeness (QED) is 0.820. The predicted octanol–water partition coefficient (Wildman–Crippen LogP) is 3.05. The molecule has 0 atom stereocenters. The topological polar surface area (TPSA) is 72.4 Å². The summed E-state index contributed by atoms with van der Waals surface area (Å²) < 4.78 is 10.4. The van der Waals surface area contributed by atoms with Crippen molar-refractivity contribution in [2.24, 2.45) is 0 Å². The Labute approximate surface area is 129 Å². The normalized spacial score (nSPS) is 15.3. The van der Waals surface area contributed by atoms with Gasteiger partial charge in [-0.15, -0.1) is 0 Å². The first kappa shape index (κ1) is 14.8. The van der Waals surface area contributed by atoms with E-state index in [1.54, 1.807) is 18.4 Å². The molecule has 0 N–H and O–H groups in total. The second-order valence-corrected chi connectivity index (χ2v) is 5.61. The highest BCUT2D eigenvalue weighted by molar-refractivity contribution is 5.76. The smallest absolute Gasteiger partial charge is 0.238 e. The molecule has 6 heteroatoms. The van der Waals surface area contributed by atoms with Crippen LogP contribution in [0.15, 0.2) is 27.3 Å². The van der Waals surface area contributed by atoms with Crippen molar-refractivity contribution in [1.29, 1.82) is 0 Å². The number of hydrogen-bond acceptors (Lipinski definition) is 5. The first-order valence-electron chi connectivity index (χ1n) is 7.94. The standard InChI is InChI=1S/C16H21N3O3/c1-2-19(12-6-3-4-7-12)15(20)10-9-14-17-16(18-22-14)13-8-5-11-21-13/h5,8,11-12H,2-4,6-7,9-10H2,1H3. The SMILES string of the molecule is CCN(C(=O)CCc1nc(-c2ccco2)no1)C1CCCC1. The third-order valence-corrected chi connectivity index (χ3v) is 4.19. The fraction of sp³-hybridized carbons (Fsp3) is 0.562. The zero-order chi connectivity index (χ0) is 15.4. The summed E-state index contributed by atoms with van der Waals surface area (Å²) in [6.07, 6.45) is 7.15. The monoisotopic (exact) mass is 303 g/mol. The molecule has 6 nitrogen and oxygen atoms in total. The number of aromatic nitrogens is 2. The van der Waals surface area contributed by atoms with E-state index in [-0.39, 0.29) is 5.91 Å². The van der Waals surface area contributed by atoms with Crippen molar-refractivity contribution < 1.29 is 13.7 Å². The molecule has 1 saturated carbocycles. The van der Waals surface area contributed by atoms with Crippen LogP contribution in [0, 0.1) is 0 Å². The molecule has 1 aliphatic carbocycles. The zero-order valence-corrected chi connectivity index (χ0v) is 12.8. The summed E-state index contributed by atoms with van der Waals surface area (Å²) in [4.78, 5) is 18.6.